The molecule has 0 aliphatic carbocycles. The Morgan fingerprint density at radius 2 is 2.00 bits per heavy atom. The molecule has 1 atom stereocenters. The Morgan fingerprint density at radius 3 is 2.72 bits per heavy atom. The second-order valence-corrected chi connectivity index (χ2v) is 8.15. The quantitative estimate of drug-likeness (QED) is 0.662. The van der Waals surface area contributed by atoms with Gasteiger partial charge < -0.3 is 5.32 Å². The number of hydrogen-bond donors (Lipinski definition) is 1. The van der Waals surface area contributed by atoms with Crippen LogP contribution in [-0.2, 0) is 6.54 Å². The van der Waals surface area contributed by atoms with Crippen molar-refractivity contribution in [1.29, 1.82) is 0 Å². The number of aryl methyl sites for hydroxylation is 1. The number of benzene rings is 2. The number of halogens is 1. The third-order valence-electron chi connectivity index (χ3n) is 4.80. The van der Waals surface area contributed by atoms with Crippen LogP contribution in [0.15, 0.2) is 42.5 Å². The van der Waals surface area contributed by atoms with Crippen LogP contribution in [0.2, 0.25) is 0 Å². The number of piperidine rings is 1. The van der Waals surface area contributed by atoms with E-state index in [2.05, 4.69) is 51.9 Å². The molecule has 1 fully saturated rings. The van der Waals surface area contributed by atoms with Crippen molar-refractivity contribution in [2.75, 3.05) is 18.4 Å². The van der Waals surface area contributed by atoms with Crippen LogP contribution in [0.5, 0.6) is 0 Å². The Kier molecular flexibility index (Phi) is 6.12. The van der Waals surface area contributed by atoms with Gasteiger partial charge in [-0.15, -0.1) is 0 Å². The number of likely N-dealkylation sites (tertiary alicyclic amines) is 1. The fraction of sp³-hybridized carbons (Fsp3) is 0.381. The lowest BCUT2D eigenvalue weighted by atomic mass is 10.00. The molecule has 2 aromatic carbocycles. The molecule has 25 heavy (non-hydrogen) atoms. The Hall–Kier alpha value is -1.40. The minimum absolute atomic E-state index is 0.0503. The minimum Gasteiger partial charge on any atom is -0.322 e. The molecule has 0 radical (unpaired) electrons. The van der Waals surface area contributed by atoms with Gasteiger partial charge in [-0.05, 0) is 84.1 Å². The summed E-state index contributed by atoms with van der Waals surface area (Å²) in [6, 6.07) is 14.1. The second-order valence-electron chi connectivity index (χ2n) is 7.07. The molecular weight excluding hydrogens is 423 g/mol. The SMILES string of the molecule is Cc1cccc(C(=O)Nc2ccc(CN3CCCC(C)C3)cc2)c1I. The van der Waals surface area contributed by atoms with Gasteiger partial charge in [0.15, 0.2) is 0 Å². The molecule has 132 valence electrons. The summed E-state index contributed by atoms with van der Waals surface area (Å²) in [5, 5.41) is 3.01. The summed E-state index contributed by atoms with van der Waals surface area (Å²) in [5.41, 5.74) is 4.00. The molecule has 3 nitrogen and oxygen atoms in total. The molecule has 0 saturated carbocycles. The second kappa shape index (κ2) is 8.32. The summed E-state index contributed by atoms with van der Waals surface area (Å²) in [5.74, 6) is 0.745. The minimum atomic E-state index is -0.0503. The topological polar surface area (TPSA) is 32.3 Å². The molecule has 4 heteroatoms. The van der Waals surface area contributed by atoms with Crippen LogP contribution in [0, 0.1) is 16.4 Å². The van der Waals surface area contributed by atoms with Crippen LogP contribution in [0.3, 0.4) is 0 Å². The lowest BCUT2D eigenvalue weighted by Crippen LogP contribution is -2.33. The van der Waals surface area contributed by atoms with E-state index < -0.39 is 0 Å². The first-order valence-corrected chi connectivity index (χ1v) is 9.98. The first-order chi connectivity index (χ1) is 12.0. The van der Waals surface area contributed by atoms with Crippen molar-refractivity contribution in [2.24, 2.45) is 5.92 Å². The molecule has 0 aromatic heterocycles. The van der Waals surface area contributed by atoms with Crippen LogP contribution >= 0.6 is 22.6 Å². The fourth-order valence-corrected chi connectivity index (χ4v) is 4.01. The molecule has 1 N–H and O–H groups in total. The van der Waals surface area contributed by atoms with Gasteiger partial charge in [-0.3, -0.25) is 9.69 Å². The van der Waals surface area contributed by atoms with Crippen molar-refractivity contribution in [2.45, 2.75) is 33.2 Å². The van der Waals surface area contributed by atoms with Crippen LogP contribution in [0.1, 0.15) is 41.3 Å². The predicted octanol–water partition coefficient (Wildman–Crippen LogP) is 5.08. The highest BCUT2D eigenvalue weighted by molar-refractivity contribution is 14.1. The first kappa shape index (κ1) is 18.4. The van der Waals surface area contributed by atoms with E-state index >= 15 is 0 Å². The van der Waals surface area contributed by atoms with E-state index in [0.29, 0.717) is 0 Å². The summed E-state index contributed by atoms with van der Waals surface area (Å²) in [6.45, 7) is 7.72. The van der Waals surface area contributed by atoms with Crippen molar-refractivity contribution in [3.8, 4) is 0 Å². The molecule has 0 bridgehead atoms. The number of nitrogens with zero attached hydrogens (tertiary/aromatic N) is 1. The molecule has 1 amide bonds. The Bertz CT molecular complexity index is 742. The zero-order chi connectivity index (χ0) is 17.8. The third kappa shape index (κ3) is 4.82. The average Bonchev–Trinajstić information content (AvgIpc) is 2.59. The average molecular weight is 448 g/mol. The largest absolute Gasteiger partial charge is 0.322 e. The van der Waals surface area contributed by atoms with Crippen LogP contribution < -0.4 is 5.32 Å². The van der Waals surface area contributed by atoms with Crippen LogP contribution in [0.25, 0.3) is 0 Å². The van der Waals surface area contributed by atoms with Crippen molar-refractivity contribution < 1.29 is 4.79 Å². The normalized spacial score (nSPS) is 18.1. The van der Waals surface area contributed by atoms with Gasteiger partial charge in [0.25, 0.3) is 5.91 Å². The summed E-state index contributed by atoms with van der Waals surface area (Å²) < 4.78 is 1.01. The maximum atomic E-state index is 12.5. The lowest BCUT2D eigenvalue weighted by molar-refractivity contribution is 0.102. The van der Waals surface area contributed by atoms with Gasteiger partial charge in [0, 0.05) is 22.3 Å². The summed E-state index contributed by atoms with van der Waals surface area (Å²) in [7, 11) is 0. The van der Waals surface area contributed by atoms with Gasteiger partial charge in [-0.1, -0.05) is 31.2 Å². The fourth-order valence-electron chi connectivity index (χ4n) is 3.40. The predicted molar refractivity (Wildman–Crippen MR) is 112 cm³/mol. The monoisotopic (exact) mass is 448 g/mol. The number of hydrogen-bond acceptors (Lipinski definition) is 2. The highest BCUT2D eigenvalue weighted by Gasteiger charge is 2.16. The van der Waals surface area contributed by atoms with Crippen LogP contribution in [0.4, 0.5) is 5.69 Å². The third-order valence-corrected chi connectivity index (χ3v) is 6.23. The van der Waals surface area contributed by atoms with Crippen LogP contribution in [-0.4, -0.2) is 23.9 Å². The van der Waals surface area contributed by atoms with Gasteiger partial charge in [0.1, 0.15) is 0 Å². The van der Waals surface area contributed by atoms with E-state index in [1.165, 1.54) is 31.5 Å². The Morgan fingerprint density at radius 1 is 1.24 bits per heavy atom. The zero-order valence-corrected chi connectivity index (χ0v) is 17.0. The maximum Gasteiger partial charge on any atom is 0.256 e. The van der Waals surface area contributed by atoms with Crippen molar-refractivity contribution in [3.63, 3.8) is 0 Å². The van der Waals surface area contributed by atoms with E-state index in [-0.39, 0.29) is 5.91 Å². The molecule has 3 rings (SSSR count). The van der Waals surface area contributed by atoms with Gasteiger partial charge >= 0.3 is 0 Å². The van der Waals surface area contributed by atoms with Crippen molar-refractivity contribution >= 4 is 34.2 Å². The molecule has 1 heterocycles. The molecule has 1 saturated heterocycles. The van der Waals surface area contributed by atoms with E-state index in [9.17, 15) is 4.79 Å². The molecular formula is C21H25IN2O. The number of nitrogens with one attached hydrogen (secondary N) is 1. The van der Waals surface area contributed by atoms with Gasteiger partial charge in [0.2, 0.25) is 0 Å². The number of amides is 1. The number of anilines is 1. The van der Waals surface area contributed by atoms with Crippen molar-refractivity contribution in [1.82, 2.24) is 4.90 Å². The standard InChI is InChI=1S/C21H25IN2O/c1-15-5-4-12-24(13-15)14-17-8-10-18(11-9-17)23-21(25)19-7-3-6-16(2)20(19)22/h3,6-11,15H,4-5,12-14H2,1-2H3,(H,23,25). The lowest BCUT2D eigenvalue weighted by Gasteiger charge is -2.30. The summed E-state index contributed by atoms with van der Waals surface area (Å²) in [6.07, 6.45) is 2.64. The van der Waals surface area contributed by atoms with E-state index in [1.54, 1.807) is 0 Å². The van der Waals surface area contributed by atoms with E-state index in [1.807, 2.05) is 37.3 Å². The summed E-state index contributed by atoms with van der Waals surface area (Å²) in [4.78, 5) is 15.0. The van der Waals surface area contributed by atoms with Gasteiger partial charge in [-0.2, -0.15) is 0 Å². The van der Waals surface area contributed by atoms with E-state index in [0.717, 1.165) is 32.8 Å². The van der Waals surface area contributed by atoms with E-state index in [4.69, 9.17) is 0 Å². The highest BCUT2D eigenvalue weighted by atomic mass is 127. The number of carbonyl (C=O) groups is 1. The Labute approximate surface area is 164 Å². The number of carbonyl (C=O) groups excluding carboxylic acids is 1. The molecule has 2 aromatic rings. The molecule has 0 spiro atoms. The molecule has 1 unspecified atom stereocenters. The van der Waals surface area contributed by atoms with Gasteiger partial charge in [-0.25, -0.2) is 0 Å². The zero-order valence-electron chi connectivity index (χ0n) is 14.9. The smallest absolute Gasteiger partial charge is 0.256 e. The van der Waals surface area contributed by atoms with Gasteiger partial charge in [0.05, 0.1) is 5.56 Å². The Balaban J connectivity index is 1.62. The first-order valence-electron chi connectivity index (χ1n) is 8.90. The highest BCUT2D eigenvalue weighted by Crippen LogP contribution is 2.20. The molecule has 1 aliphatic heterocycles. The number of rotatable bonds is 4. The molecule has 1 aliphatic rings. The van der Waals surface area contributed by atoms with Crippen molar-refractivity contribution in [3.05, 3.63) is 62.7 Å². The summed E-state index contributed by atoms with van der Waals surface area (Å²) >= 11 is 2.23. The maximum absolute atomic E-state index is 12.5.